The highest BCUT2D eigenvalue weighted by Gasteiger charge is 2.07. The van der Waals surface area contributed by atoms with Crippen molar-refractivity contribution in [3.05, 3.63) is 66.3 Å². The number of carbonyl (C=O) groups is 1. The number of aromatic nitrogens is 1. The minimum absolute atomic E-state index is 0.0811. The highest BCUT2D eigenvalue weighted by molar-refractivity contribution is 6.03. The molecule has 0 radical (unpaired) electrons. The normalized spacial score (nSPS) is 16.8. The van der Waals surface area contributed by atoms with Crippen molar-refractivity contribution >= 4 is 5.78 Å². The van der Waals surface area contributed by atoms with E-state index < -0.39 is 0 Å². The Kier molecular flexibility index (Phi) is 2.96. The molecule has 0 N–H and O–H groups in total. The lowest BCUT2D eigenvalue weighted by Gasteiger charge is -2.17. The lowest BCUT2D eigenvalue weighted by atomic mass is 10.2. The minimum atomic E-state index is -0.0811. The standard InChI is InChI=1S/C13H12N2O/c1-15-9-5-3-6-11(15)10-13(16)12-7-2-4-8-14-12/h2-10H,1H3/b11-10+. The molecule has 0 saturated carbocycles. The largest absolute Gasteiger partial charge is 0.351 e. The molecule has 0 aliphatic carbocycles. The number of hydrogen-bond acceptors (Lipinski definition) is 3. The molecule has 0 saturated heterocycles. The van der Waals surface area contributed by atoms with Gasteiger partial charge in [0.1, 0.15) is 5.69 Å². The molecule has 0 fully saturated rings. The molecular formula is C13H12N2O. The third-order valence-corrected chi connectivity index (χ3v) is 2.29. The summed E-state index contributed by atoms with van der Waals surface area (Å²) < 4.78 is 0. The quantitative estimate of drug-likeness (QED) is 0.556. The Morgan fingerprint density at radius 1 is 1.38 bits per heavy atom. The number of nitrogens with zero attached hydrogens (tertiary/aromatic N) is 2. The van der Waals surface area contributed by atoms with Crippen LogP contribution in [0.25, 0.3) is 0 Å². The Morgan fingerprint density at radius 3 is 2.94 bits per heavy atom. The van der Waals surface area contributed by atoms with Gasteiger partial charge < -0.3 is 4.90 Å². The fraction of sp³-hybridized carbons (Fsp3) is 0.0769. The van der Waals surface area contributed by atoms with Gasteiger partial charge >= 0.3 is 0 Å². The summed E-state index contributed by atoms with van der Waals surface area (Å²) in [7, 11) is 1.90. The van der Waals surface area contributed by atoms with Crippen molar-refractivity contribution in [2.75, 3.05) is 7.05 Å². The van der Waals surface area contributed by atoms with Crippen molar-refractivity contribution in [1.29, 1.82) is 0 Å². The molecule has 1 aromatic rings. The fourth-order valence-corrected chi connectivity index (χ4v) is 1.40. The third kappa shape index (κ3) is 2.25. The minimum Gasteiger partial charge on any atom is -0.351 e. The first-order valence-electron chi connectivity index (χ1n) is 5.02. The molecule has 2 heterocycles. The zero-order valence-electron chi connectivity index (χ0n) is 9.00. The molecule has 0 amide bonds. The summed E-state index contributed by atoms with van der Waals surface area (Å²) in [5, 5.41) is 0. The van der Waals surface area contributed by atoms with E-state index >= 15 is 0 Å². The number of rotatable bonds is 2. The Balaban J connectivity index is 2.22. The summed E-state index contributed by atoms with van der Waals surface area (Å²) in [6.07, 6.45) is 10.8. The van der Waals surface area contributed by atoms with Crippen LogP contribution in [-0.4, -0.2) is 22.7 Å². The van der Waals surface area contributed by atoms with Crippen LogP contribution in [0.2, 0.25) is 0 Å². The molecule has 0 spiro atoms. The first-order chi connectivity index (χ1) is 7.77. The molecule has 2 rings (SSSR count). The molecule has 80 valence electrons. The number of likely N-dealkylation sites (N-methyl/N-ethyl adjacent to an activating group) is 1. The van der Waals surface area contributed by atoms with E-state index in [2.05, 4.69) is 4.98 Å². The maximum Gasteiger partial charge on any atom is 0.206 e. The van der Waals surface area contributed by atoms with Crippen LogP contribution in [-0.2, 0) is 0 Å². The third-order valence-electron chi connectivity index (χ3n) is 2.29. The van der Waals surface area contributed by atoms with E-state index in [0.29, 0.717) is 5.69 Å². The molecule has 1 aliphatic heterocycles. The van der Waals surface area contributed by atoms with Crippen LogP contribution in [0.3, 0.4) is 0 Å². The average Bonchev–Trinajstić information content (AvgIpc) is 2.33. The number of ketones is 1. The van der Waals surface area contributed by atoms with Gasteiger partial charge in [-0.05, 0) is 24.3 Å². The van der Waals surface area contributed by atoms with E-state index in [1.807, 2.05) is 36.4 Å². The van der Waals surface area contributed by atoms with Gasteiger partial charge in [0.05, 0.1) is 0 Å². The van der Waals surface area contributed by atoms with E-state index in [0.717, 1.165) is 5.70 Å². The monoisotopic (exact) mass is 212 g/mol. The summed E-state index contributed by atoms with van der Waals surface area (Å²) in [4.78, 5) is 17.7. The van der Waals surface area contributed by atoms with Gasteiger partial charge in [0.2, 0.25) is 5.78 Å². The van der Waals surface area contributed by atoms with E-state index in [9.17, 15) is 4.79 Å². The summed E-state index contributed by atoms with van der Waals surface area (Å²) in [5.41, 5.74) is 1.32. The average molecular weight is 212 g/mol. The van der Waals surface area contributed by atoms with Gasteiger partial charge in [-0.3, -0.25) is 9.78 Å². The van der Waals surface area contributed by atoms with Crippen molar-refractivity contribution in [2.45, 2.75) is 0 Å². The zero-order valence-corrected chi connectivity index (χ0v) is 9.00. The highest BCUT2D eigenvalue weighted by Crippen LogP contribution is 2.10. The number of pyridine rings is 1. The van der Waals surface area contributed by atoms with Gasteiger partial charge in [0, 0.05) is 31.2 Å². The van der Waals surface area contributed by atoms with Gasteiger partial charge in [-0.15, -0.1) is 0 Å². The van der Waals surface area contributed by atoms with Crippen LogP contribution in [0.5, 0.6) is 0 Å². The second kappa shape index (κ2) is 4.57. The first kappa shape index (κ1) is 10.4. The fourth-order valence-electron chi connectivity index (χ4n) is 1.40. The van der Waals surface area contributed by atoms with Crippen LogP contribution >= 0.6 is 0 Å². The SMILES string of the molecule is CN1C=CC=C/C1=C\C(=O)c1ccccn1. The lowest BCUT2D eigenvalue weighted by molar-refractivity contribution is 0.104. The molecule has 0 aromatic carbocycles. The van der Waals surface area contributed by atoms with Crippen molar-refractivity contribution in [2.24, 2.45) is 0 Å². The smallest absolute Gasteiger partial charge is 0.206 e. The first-order valence-corrected chi connectivity index (χ1v) is 5.02. The Labute approximate surface area is 94.4 Å². The Morgan fingerprint density at radius 2 is 2.25 bits per heavy atom. The van der Waals surface area contributed by atoms with Crippen LogP contribution in [0, 0.1) is 0 Å². The van der Waals surface area contributed by atoms with Gasteiger partial charge in [0.25, 0.3) is 0 Å². The van der Waals surface area contributed by atoms with E-state index in [4.69, 9.17) is 0 Å². The van der Waals surface area contributed by atoms with Gasteiger partial charge in [-0.25, -0.2) is 0 Å². The second-order valence-electron chi connectivity index (χ2n) is 3.46. The predicted molar refractivity (Wildman–Crippen MR) is 62.7 cm³/mol. The number of carbonyl (C=O) groups excluding carboxylic acids is 1. The lowest BCUT2D eigenvalue weighted by Crippen LogP contribution is -2.12. The van der Waals surface area contributed by atoms with Crippen molar-refractivity contribution < 1.29 is 4.79 Å². The van der Waals surface area contributed by atoms with E-state index in [1.54, 1.807) is 30.5 Å². The number of hydrogen-bond donors (Lipinski definition) is 0. The topological polar surface area (TPSA) is 33.2 Å². The molecule has 1 aliphatic rings. The van der Waals surface area contributed by atoms with Gasteiger partial charge in [-0.1, -0.05) is 12.1 Å². The Hall–Kier alpha value is -2.16. The van der Waals surface area contributed by atoms with Crippen LogP contribution in [0.15, 0.2) is 60.6 Å². The maximum absolute atomic E-state index is 11.8. The second-order valence-corrected chi connectivity index (χ2v) is 3.46. The molecule has 3 heteroatoms. The Bertz CT molecular complexity index is 472. The predicted octanol–water partition coefficient (Wildman–Crippen LogP) is 2.16. The van der Waals surface area contributed by atoms with Crippen LogP contribution < -0.4 is 0 Å². The maximum atomic E-state index is 11.8. The summed E-state index contributed by atoms with van der Waals surface area (Å²) in [6, 6.07) is 5.31. The van der Waals surface area contributed by atoms with Crippen LogP contribution in [0.1, 0.15) is 10.5 Å². The zero-order chi connectivity index (χ0) is 11.4. The van der Waals surface area contributed by atoms with Crippen LogP contribution in [0.4, 0.5) is 0 Å². The van der Waals surface area contributed by atoms with Gasteiger partial charge in [0.15, 0.2) is 0 Å². The molecular weight excluding hydrogens is 200 g/mol. The summed E-state index contributed by atoms with van der Waals surface area (Å²) in [6.45, 7) is 0. The van der Waals surface area contributed by atoms with Crippen molar-refractivity contribution in [3.63, 3.8) is 0 Å². The molecule has 3 nitrogen and oxygen atoms in total. The van der Waals surface area contributed by atoms with Gasteiger partial charge in [-0.2, -0.15) is 0 Å². The summed E-state index contributed by atoms with van der Waals surface area (Å²) >= 11 is 0. The molecule has 0 bridgehead atoms. The number of allylic oxidation sites excluding steroid dienone is 4. The molecule has 1 aromatic heterocycles. The van der Waals surface area contributed by atoms with E-state index in [-0.39, 0.29) is 5.78 Å². The molecule has 0 unspecified atom stereocenters. The van der Waals surface area contributed by atoms with Crippen molar-refractivity contribution in [3.8, 4) is 0 Å². The summed E-state index contributed by atoms with van der Waals surface area (Å²) in [5.74, 6) is -0.0811. The molecule has 16 heavy (non-hydrogen) atoms. The van der Waals surface area contributed by atoms with E-state index in [1.165, 1.54) is 0 Å². The molecule has 0 atom stereocenters. The highest BCUT2D eigenvalue weighted by atomic mass is 16.1. The van der Waals surface area contributed by atoms with Crippen molar-refractivity contribution in [1.82, 2.24) is 9.88 Å².